The summed E-state index contributed by atoms with van der Waals surface area (Å²) in [5.41, 5.74) is 5.78. The fourth-order valence-corrected chi connectivity index (χ4v) is 4.94. The average molecular weight is 290 g/mol. The van der Waals surface area contributed by atoms with E-state index in [1.807, 2.05) is 0 Å². The summed E-state index contributed by atoms with van der Waals surface area (Å²) in [6.07, 6.45) is 1.19. The van der Waals surface area contributed by atoms with Gasteiger partial charge in [0.1, 0.15) is 0 Å². The van der Waals surface area contributed by atoms with Crippen LogP contribution in [0.5, 0.6) is 0 Å². The van der Waals surface area contributed by atoms with Gasteiger partial charge in [-0.1, -0.05) is 23.7 Å². The molecule has 18 heavy (non-hydrogen) atoms. The molecular weight excluding hydrogens is 274 g/mol. The van der Waals surface area contributed by atoms with E-state index < -0.39 is 20.5 Å². The first-order valence-electron chi connectivity index (χ1n) is 5.62. The highest BCUT2D eigenvalue weighted by Gasteiger charge is 2.68. The zero-order valence-corrected chi connectivity index (χ0v) is 11.6. The van der Waals surface area contributed by atoms with Crippen molar-refractivity contribution < 1.29 is 13.5 Å². The number of halogens is 1. The quantitative estimate of drug-likeness (QED) is 0.859. The molecule has 1 aliphatic rings. The molecule has 1 aromatic carbocycles. The molecule has 0 saturated heterocycles. The third-order valence-electron chi connectivity index (χ3n) is 3.74. The summed E-state index contributed by atoms with van der Waals surface area (Å²) < 4.78 is 23.6. The number of benzene rings is 1. The van der Waals surface area contributed by atoms with E-state index in [0.717, 1.165) is 5.56 Å². The molecule has 0 aliphatic heterocycles. The van der Waals surface area contributed by atoms with E-state index in [-0.39, 0.29) is 19.1 Å². The second-order valence-electron chi connectivity index (χ2n) is 4.87. The van der Waals surface area contributed by atoms with Crippen molar-refractivity contribution >= 4 is 21.4 Å². The van der Waals surface area contributed by atoms with Crippen LogP contribution in [0.2, 0.25) is 5.02 Å². The minimum atomic E-state index is -3.24. The van der Waals surface area contributed by atoms with Gasteiger partial charge in [0.2, 0.25) is 0 Å². The molecule has 1 aliphatic carbocycles. The third kappa shape index (κ3) is 2.05. The highest BCUT2D eigenvalue weighted by atomic mass is 35.5. The Morgan fingerprint density at radius 1 is 1.39 bits per heavy atom. The molecule has 0 amide bonds. The molecule has 4 nitrogen and oxygen atoms in total. The summed E-state index contributed by atoms with van der Waals surface area (Å²) in [5, 5.41) is 9.49. The van der Waals surface area contributed by atoms with Gasteiger partial charge in [-0.05, 0) is 17.7 Å². The van der Waals surface area contributed by atoms with Crippen molar-refractivity contribution in [1.82, 2.24) is 0 Å². The maximum absolute atomic E-state index is 11.8. The maximum atomic E-state index is 11.8. The van der Waals surface area contributed by atoms with Crippen LogP contribution in [0.4, 0.5) is 0 Å². The number of nitrogens with two attached hydrogens (primary N) is 1. The Morgan fingerprint density at radius 2 is 1.94 bits per heavy atom. The minimum absolute atomic E-state index is 0.147. The number of sulfone groups is 1. The van der Waals surface area contributed by atoms with Crippen molar-refractivity contribution in [2.24, 2.45) is 11.1 Å². The Morgan fingerprint density at radius 3 is 2.28 bits per heavy atom. The van der Waals surface area contributed by atoms with Crippen LogP contribution in [0.1, 0.15) is 11.5 Å². The molecule has 1 saturated carbocycles. The Kier molecular flexibility index (Phi) is 3.44. The monoisotopic (exact) mass is 289 g/mol. The molecule has 3 atom stereocenters. The Hall–Kier alpha value is -0.620. The van der Waals surface area contributed by atoms with E-state index >= 15 is 0 Å². The molecule has 0 aromatic heterocycles. The SMILES string of the molecule is CS(=O)(=O)[C@@H]1[C@H](c2ccc(Cl)cc2)[C@]1(CN)CO. The molecule has 1 fully saturated rings. The van der Waals surface area contributed by atoms with Crippen LogP contribution in [0.15, 0.2) is 24.3 Å². The third-order valence-corrected chi connectivity index (χ3v) is 5.66. The van der Waals surface area contributed by atoms with E-state index in [2.05, 4.69) is 0 Å². The first kappa shape index (κ1) is 13.8. The predicted molar refractivity (Wildman–Crippen MR) is 71.4 cm³/mol. The first-order valence-corrected chi connectivity index (χ1v) is 7.95. The fraction of sp³-hybridized carbons (Fsp3) is 0.500. The first-order chi connectivity index (χ1) is 8.36. The summed E-state index contributed by atoms with van der Waals surface area (Å²) in [6, 6.07) is 7.01. The molecule has 0 bridgehead atoms. The van der Waals surface area contributed by atoms with Gasteiger partial charge in [0.05, 0.1) is 11.9 Å². The second kappa shape index (κ2) is 4.49. The number of rotatable bonds is 4. The van der Waals surface area contributed by atoms with Gasteiger partial charge in [0, 0.05) is 29.2 Å². The fourth-order valence-electron chi connectivity index (χ4n) is 2.80. The lowest BCUT2D eigenvalue weighted by Crippen LogP contribution is -2.27. The number of aliphatic hydroxyl groups is 1. The van der Waals surface area contributed by atoms with Crippen molar-refractivity contribution in [2.75, 3.05) is 19.4 Å². The molecule has 6 heteroatoms. The van der Waals surface area contributed by atoms with Crippen LogP contribution >= 0.6 is 11.6 Å². The molecule has 100 valence electrons. The Labute approximate surface area is 112 Å². The Bertz CT molecular complexity index is 537. The molecule has 2 rings (SSSR count). The molecule has 0 unspecified atom stereocenters. The van der Waals surface area contributed by atoms with Gasteiger partial charge >= 0.3 is 0 Å². The lowest BCUT2D eigenvalue weighted by molar-refractivity contribution is 0.212. The zero-order valence-electron chi connectivity index (χ0n) is 10.0. The molecule has 0 heterocycles. The van der Waals surface area contributed by atoms with Gasteiger partial charge in [0.15, 0.2) is 9.84 Å². The molecule has 0 radical (unpaired) electrons. The van der Waals surface area contributed by atoms with Crippen molar-refractivity contribution in [3.05, 3.63) is 34.9 Å². The van der Waals surface area contributed by atoms with Crippen LogP contribution < -0.4 is 5.73 Å². The van der Waals surface area contributed by atoms with Crippen molar-refractivity contribution in [3.8, 4) is 0 Å². The van der Waals surface area contributed by atoms with Crippen LogP contribution in [0.3, 0.4) is 0 Å². The lowest BCUT2D eigenvalue weighted by Gasteiger charge is -2.11. The standard InChI is InChI=1S/C12H16ClNO3S/c1-18(16,17)11-10(12(11,6-14)7-15)8-2-4-9(13)5-3-8/h2-5,10-11,15H,6-7,14H2,1H3/t10-,11+,12-/m0/s1. The van der Waals surface area contributed by atoms with E-state index in [1.165, 1.54) is 6.26 Å². The lowest BCUT2D eigenvalue weighted by atomic mass is 10.0. The molecule has 0 spiro atoms. The highest BCUT2D eigenvalue weighted by Crippen LogP contribution is 2.61. The topological polar surface area (TPSA) is 80.4 Å². The summed E-state index contributed by atoms with van der Waals surface area (Å²) in [6.45, 7) is -0.0803. The molecule has 3 N–H and O–H groups in total. The van der Waals surface area contributed by atoms with E-state index in [1.54, 1.807) is 24.3 Å². The summed E-state index contributed by atoms with van der Waals surface area (Å²) in [4.78, 5) is 0. The number of hydrogen-bond acceptors (Lipinski definition) is 4. The van der Waals surface area contributed by atoms with Crippen LogP contribution in [-0.4, -0.2) is 38.2 Å². The molecule has 1 aromatic rings. The van der Waals surface area contributed by atoms with E-state index in [4.69, 9.17) is 17.3 Å². The van der Waals surface area contributed by atoms with Crippen molar-refractivity contribution in [2.45, 2.75) is 11.2 Å². The second-order valence-corrected chi connectivity index (χ2v) is 7.48. The van der Waals surface area contributed by atoms with E-state index in [0.29, 0.717) is 5.02 Å². The average Bonchev–Trinajstić information content (AvgIpc) is 3.00. The van der Waals surface area contributed by atoms with Crippen molar-refractivity contribution in [3.63, 3.8) is 0 Å². The summed E-state index contributed by atoms with van der Waals surface area (Å²) >= 11 is 5.81. The summed E-state index contributed by atoms with van der Waals surface area (Å²) in [7, 11) is -3.24. The number of aliphatic hydroxyl groups excluding tert-OH is 1. The normalized spacial score (nSPS) is 31.3. The van der Waals surface area contributed by atoms with Crippen molar-refractivity contribution in [1.29, 1.82) is 0 Å². The number of hydrogen-bond donors (Lipinski definition) is 2. The summed E-state index contributed by atoms with van der Waals surface area (Å²) in [5.74, 6) is -0.250. The van der Waals surface area contributed by atoms with E-state index in [9.17, 15) is 13.5 Å². The molecular formula is C12H16ClNO3S. The van der Waals surface area contributed by atoms with Gasteiger partial charge in [0.25, 0.3) is 0 Å². The maximum Gasteiger partial charge on any atom is 0.151 e. The predicted octanol–water partition coefficient (Wildman–Crippen LogP) is 0.788. The highest BCUT2D eigenvalue weighted by molar-refractivity contribution is 7.91. The smallest absolute Gasteiger partial charge is 0.151 e. The van der Waals surface area contributed by atoms with Gasteiger partial charge in [-0.15, -0.1) is 0 Å². The van der Waals surface area contributed by atoms with Gasteiger partial charge in [-0.3, -0.25) is 0 Å². The zero-order chi connectivity index (χ0) is 13.6. The largest absolute Gasteiger partial charge is 0.396 e. The van der Waals surface area contributed by atoms with Gasteiger partial charge in [-0.2, -0.15) is 0 Å². The Balaban J connectivity index is 2.41. The van der Waals surface area contributed by atoms with Crippen LogP contribution in [0.25, 0.3) is 0 Å². The van der Waals surface area contributed by atoms with Crippen LogP contribution in [0, 0.1) is 5.41 Å². The van der Waals surface area contributed by atoms with Gasteiger partial charge in [-0.25, -0.2) is 8.42 Å². The minimum Gasteiger partial charge on any atom is -0.396 e. The van der Waals surface area contributed by atoms with Crippen LogP contribution in [-0.2, 0) is 9.84 Å². The van der Waals surface area contributed by atoms with Gasteiger partial charge < -0.3 is 10.8 Å².